The third-order valence-corrected chi connectivity index (χ3v) is 7.14. The highest BCUT2D eigenvalue weighted by molar-refractivity contribution is 7.89. The van der Waals surface area contributed by atoms with Crippen molar-refractivity contribution in [3.05, 3.63) is 35.4 Å². The third-order valence-electron chi connectivity index (χ3n) is 4.86. The molecule has 0 bridgehead atoms. The zero-order valence-electron chi connectivity index (χ0n) is 15.9. The van der Waals surface area contributed by atoms with Gasteiger partial charge in [0.15, 0.2) is 0 Å². The van der Waals surface area contributed by atoms with E-state index in [4.69, 9.17) is 4.74 Å². The molecule has 0 saturated carbocycles. The number of carbonyl (C=O) groups excluding carboxylic acids is 1. The van der Waals surface area contributed by atoms with Gasteiger partial charge in [0.2, 0.25) is 10.0 Å². The molecule has 0 radical (unpaired) electrons. The highest BCUT2D eigenvalue weighted by Gasteiger charge is 2.30. The van der Waals surface area contributed by atoms with Crippen molar-refractivity contribution in [1.82, 2.24) is 9.62 Å². The number of methoxy groups -OCH3 is 1. The quantitative estimate of drug-likeness (QED) is 0.698. The summed E-state index contributed by atoms with van der Waals surface area (Å²) in [5.74, 6) is 0.385. The molecule has 1 fully saturated rings. The van der Waals surface area contributed by atoms with Crippen molar-refractivity contribution >= 4 is 15.9 Å². The molecule has 0 aliphatic carbocycles. The molecule has 1 aromatic rings. The molecule has 6 nitrogen and oxygen atoms in total. The van der Waals surface area contributed by atoms with Crippen LogP contribution in [0.5, 0.6) is 0 Å². The predicted molar refractivity (Wildman–Crippen MR) is 103 cm³/mol. The molecule has 1 aromatic carbocycles. The van der Waals surface area contributed by atoms with E-state index in [0.29, 0.717) is 37.7 Å². The van der Waals surface area contributed by atoms with Gasteiger partial charge in [-0.15, -0.1) is 0 Å². The second kappa shape index (κ2) is 9.48. The van der Waals surface area contributed by atoms with Crippen LogP contribution in [0.15, 0.2) is 24.3 Å². The standard InChI is InChI=1S/C19H30N2O4S/c1-15(2)26(23,24)21-11-8-17(9-12-21)14-16-4-6-18(7-5-16)19(22)20-10-13-25-3/h4-7,15,17H,8-14H2,1-3H3,(H,20,22). The Morgan fingerprint density at radius 1 is 1.23 bits per heavy atom. The van der Waals surface area contributed by atoms with Gasteiger partial charge >= 0.3 is 0 Å². The lowest BCUT2D eigenvalue weighted by Gasteiger charge is -2.32. The molecular weight excluding hydrogens is 352 g/mol. The number of hydrogen-bond acceptors (Lipinski definition) is 4. The highest BCUT2D eigenvalue weighted by atomic mass is 32.2. The molecule has 1 saturated heterocycles. The van der Waals surface area contributed by atoms with Crippen molar-refractivity contribution in [1.29, 1.82) is 0 Å². The zero-order valence-corrected chi connectivity index (χ0v) is 16.7. The van der Waals surface area contributed by atoms with E-state index in [9.17, 15) is 13.2 Å². The first kappa shape index (κ1) is 20.9. The Morgan fingerprint density at radius 2 is 1.85 bits per heavy atom. The van der Waals surface area contributed by atoms with E-state index in [0.717, 1.165) is 19.3 Å². The fourth-order valence-electron chi connectivity index (χ4n) is 3.16. The topological polar surface area (TPSA) is 75.7 Å². The molecule has 0 aromatic heterocycles. The van der Waals surface area contributed by atoms with Crippen molar-refractivity contribution in [2.24, 2.45) is 5.92 Å². The Hall–Kier alpha value is -1.44. The van der Waals surface area contributed by atoms with E-state index in [-0.39, 0.29) is 11.2 Å². The van der Waals surface area contributed by atoms with Gasteiger partial charge in [-0.05, 0) is 56.7 Å². The minimum atomic E-state index is -3.14. The molecule has 0 unspecified atom stereocenters. The van der Waals surface area contributed by atoms with Crippen molar-refractivity contribution in [3.63, 3.8) is 0 Å². The average molecular weight is 383 g/mol. The third kappa shape index (κ3) is 5.53. The van der Waals surface area contributed by atoms with Crippen LogP contribution in [0.4, 0.5) is 0 Å². The monoisotopic (exact) mass is 382 g/mol. The largest absolute Gasteiger partial charge is 0.383 e. The van der Waals surface area contributed by atoms with Gasteiger partial charge < -0.3 is 10.1 Å². The van der Waals surface area contributed by atoms with Gasteiger partial charge in [0.25, 0.3) is 5.91 Å². The first-order chi connectivity index (χ1) is 12.3. The summed E-state index contributed by atoms with van der Waals surface area (Å²) in [6.07, 6.45) is 2.68. The molecule has 2 rings (SSSR count). The summed E-state index contributed by atoms with van der Waals surface area (Å²) in [5, 5.41) is 2.44. The normalized spacial score (nSPS) is 16.8. The number of carbonyl (C=O) groups is 1. The van der Waals surface area contributed by atoms with E-state index in [1.54, 1.807) is 25.3 Å². The lowest BCUT2D eigenvalue weighted by atomic mass is 9.91. The average Bonchev–Trinajstić information content (AvgIpc) is 2.63. The summed E-state index contributed by atoms with van der Waals surface area (Å²) in [6, 6.07) is 7.66. The van der Waals surface area contributed by atoms with E-state index < -0.39 is 10.0 Å². The van der Waals surface area contributed by atoms with Crippen molar-refractivity contribution in [3.8, 4) is 0 Å². The number of benzene rings is 1. The number of nitrogens with one attached hydrogen (secondary N) is 1. The Labute approximate surface area is 157 Å². The summed E-state index contributed by atoms with van der Waals surface area (Å²) in [6.45, 7) is 5.66. The number of nitrogens with zero attached hydrogens (tertiary/aromatic N) is 1. The lowest BCUT2D eigenvalue weighted by molar-refractivity contribution is 0.0937. The molecule has 1 aliphatic rings. The summed E-state index contributed by atoms with van der Waals surface area (Å²) in [5.41, 5.74) is 1.83. The highest BCUT2D eigenvalue weighted by Crippen LogP contribution is 2.24. The van der Waals surface area contributed by atoms with Crippen molar-refractivity contribution in [2.75, 3.05) is 33.4 Å². The van der Waals surface area contributed by atoms with Gasteiger partial charge in [0, 0.05) is 32.3 Å². The first-order valence-corrected chi connectivity index (χ1v) is 10.7. The number of rotatable bonds is 8. The Kier molecular flexibility index (Phi) is 7.61. The summed E-state index contributed by atoms with van der Waals surface area (Å²) < 4.78 is 31.0. The molecule has 26 heavy (non-hydrogen) atoms. The molecule has 0 spiro atoms. The first-order valence-electron chi connectivity index (χ1n) is 9.19. The molecule has 146 valence electrons. The number of ether oxygens (including phenoxy) is 1. The maximum atomic E-state index is 12.2. The molecule has 1 heterocycles. The lowest BCUT2D eigenvalue weighted by Crippen LogP contribution is -2.42. The van der Waals surface area contributed by atoms with Crippen molar-refractivity contribution < 1.29 is 17.9 Å². The maximum Gasteiger partial charge on any atom is 0.251 e. The van der Waals surface area contributed by atoms with Crippen LogP contribution in [-0.4, -0.2) is 57.2 Å². The smallest absolute Gasteiger partial charge is 0.251 e. The van der Waals surface area contributed by atoms with E-state index >= 15 is 0 Å². The molecular formula is C19H30N2O4S. The number of piperidine rings is 1. The summed E-state index contributed by atoms with van der Waals surface area (Å²) in [4.78, 5) is 12.0. The molecule has 1 amide bonds. The van der Waals surface area contributed by atoms with Gasteiger partial charge in [-0.3, -0.25) is 4.79 Å². The van der Waals surface area contributed by atoms with Gasteiger partial charge in [0.1, 0.15) is 0 Å². The fraction of sp³-hybridized carbons (Fsp3) is 0.632. The van der Waals surface area contributed by atoms with Crippen LogP contribution in [0.1, 0.15) is 42.6 Å². The van der Waals surface area contributed by atoms with Crippen LogP contribution < -0.4 is 5.32 Å². The number of hydrogen-bond donors (Lipinski definition) is 1. The second-order valence-electron chi connectivity index (χ2n) is 7.09. The zero-order chi connectivity index (χ0) is 19.2. The SMILES string of the molecule is COCCNC(=O)c1ccc(CC2CCN(S(=O)(=O)C(C)C)CC2)cc1. The van der Waals surface area contributed by atoms with Crippen molar-refractivity contribution in [2.45, 2.75) is 38.4 Å². The summed E-state index contributed by atoms with van der Waals surface area (Å²) in [7, 11) is -1.54. The molecule has 7 heteroatoms. The minimum absolute atomic E-state index is 0.0965. The van der Waals surface area contributed by atoms with Crippen LogP contribution in [-0.2, 0) is 21.2 Å². The van der Waals surface area contributed by atoms with Gasteiger partial charge in [-0.2, -0.15) is 0 Å². The van der Waals surface area contributed by atoms with Crippen LogP contribution in [0.3, 0.4) is 0 Å². The summed E-state index contributed by atoms with van der Waals surface area (Å²) >= 11 is 0. The Morgan fingerprint density at radius 3 is 2.38 bits per heavy atom. The molecule has 1 aliphatic heterocycles. The molecule has 0 atom stereocenters. The Bertz CT molecular complexity index is 678. The van der Waals surface area contributed by atoms with E-state index in [1.807, 2.05) is 24.3 Å². The van der Waals surface area contributed by atoms with Crippen LogP contribution >= 0.6 is 0 Å². The number of amides is 1. The van der Waals surface area contributed by atoms with Crippen LogP contribution in [0.25, 0.3) is 0 Å². The van der Waals surface area contributed by atoms with Gasteiger partial charge in [0.05, 0.1) is 11.9 Å². The Balaban J connectivity index is 1.84. The van der Waals surface area contributed by atoms with Crippen LogP contribution in [0.2, 0.25) is 0 Å². The maximum absolute atomic E-state index is 12.2. The molecule has 1 N–H and O–H groups in total. The minimum Gasteiger partial charge on any atom is -0.383 e. The van der Waals surface area contributed by atoms with E-state index in [2.05, 4.69) is 5.32 Å². The van der Waals surface area contributed by atoms with Crippen LogP contribution in [0, 0.1) is 5.92 Å². The second-order valence-corrected chi connectivity index (χ2v) is 9.58. The van der Waals surface area contributed by atoms with E-state index in [1.165, 1.54) is 5.56 Å². The van der Waals surface area contributed by atoms with Gasteiger partial charge in [-0.1, -0.05) is 12.1 Å². The van der Waals surface area contributed by atoms with Gasteiger partial charge in [-0.25, -0.2) is 12.7 Å². The fourth-order valence-corrected chi connectivity index (χ4v) is 4.48. The number of sulfonamides is 1. The predicted octanol–water partition coefficient (Wildman–Crippen LogP) is 2.06.